The fourth-order valence-corrected chi connectivity index (χ4v) is 5.86. The molecule has 238 valence electrons. The summed E-state index contributed by atoms with van der Waals surface area (Å²) in [7, 11) is 0. The molecule has 1 aromatic carbocycles. The number of oxazole rings is 1. The van der Waals surface area contributed by atoms with Crippen LogP contribution in [-0.4, -0.2) is 81.6 Å². The van der Waals surface area contributed by atoms with Crippen LogP contribution in [-0.2, 0) is 24.4 Å². The third-order valence-corrected chi connectivity index (χ3v) is 8.29. The maximum atomic E-state index is 12.9. The predicted molar refractivity (Wildman–Crippen MR) is 172 cm³/mol. The second-order valence-electron chi connectivity index (χ2n) is 11.4. The molecule has 0 radical (unpaired) electrons. The van der Waals surface area contributed by atoms with Gasteiger partial charge in [0.05, 0.1) is 17.3 Å². The fourth-order valence-electron chi connectivity index (χ4n) is 5.52. The molecule has 2 aliphatic rings. The Morgan fingerprint density at radius 3 is 2.73 bits per heavy atom. The van der Waals surface area contributed by atoms with Crippen LogP contribution in [0.2, 0.25) is 5.02 Å². The number of aromatic nitrogens is 2. The number of anilines is 1. The molecular formula is C31H41ClN6O5S. The number of likely N-dealkylation sites (tertiary alicyclic amines) is 1. The van der Waals surface area contributed by atoms with Gasteiger partial charge in [-0.2, -0.15) is 13.5 Å². The molecule has 0 spiro atoms. The monoisotopic (exact) mass is 644 g/mol. The number of fused-ring (bicyclic) bond motifs is 1. The Hall–Kier alpha value is -3.32. The zero-order valence-corrected chi connectivity index (χ0v) is 26.8. The van der Waals surface area contributed by atoms with Crippen LogP contribution in [0.4, 0.5) is 5.82 Å². The molecule has 2 amide bonds. The summed E-state index contributed by atoms with van der Waals surface area (Å²) in [6.07, 6.45) is 6.22. The number of aliphatic hydroxyl groups is 1. The van der Waals surface area contributed by atoms with Gasteiger partial charge in [0.15, 0.2) is 12.2 Å². The molecule has 11 nitrogen and oxygen atoms in total. The van der Waals surface area contributed by atoms with Crippen LogP contribution < -0.4 is 15.4 Å². The van der Waals surface area contributed by atoms with E-state index in [4.69, 9.17) is 20.8 Å². The van der Waals surface area contributed by atoms with E-state index in [0.29, 0.717) is 54.1 Å². The Kier molecular flexibility index (Phi) is 11.9. The van der Waals surface area contributed by atoms with E-state index in [0.717, 1.165) is 36.9 Å². The Morgan fingerprint density at radius 1 is 1.20 bits per heavy atom. The van der Waals surface area contributed by atoms with Gasteiger partial charge in [-0.1, -0.05) is 31.5 Å². The molecule has 1 fully saturated rings. The second-order valence-corrected chi connectivity index (χ2v) is 11.8. The number of hydrogen-bond acceptors (Lipinski definition) is 9. The molecular weight excluding hydrogens is 604 g/mol. The largest absolute Gasteiger partial charge is 0.484 e. The number of carbonyl (C=O) groups is 2. The summed E-state index contributed by atoms with van der Waals surface area (Å²) in [6.45, 7) is 7.44. The van der Waals surface area contributed by atoms with Crippen molar-refractivity contribution in [1.82, 2.24) is 25.1 Å². The molecule has 3 aromatic rings. The first-order chi connectivity index (χ1) is 20.8. The van der Waals surface area contributed by atoms with Gasteiger partial charge in [-0.05, 0) is 48.6 Å². The van der Waals surface area contributed by atoms with E-state index in [1.165, 1.54) is 6.39 Å². The van der Waals surface area contributed by atoms with Gasteiger partial charge in [0.1, 0.15) is 18.2 Å². The van der Waals surface area contributed by atoms with Crippen molar-refractivity contribution >= 4 is 42.7 Å². The first-order valence-electron chi connectivity index (χ1n) is 14.8. The molecule has 3 N–H and O–H groups in total. The van der Waals surface area contributed by atoms with Crippen LogP contribution in [0.1, 0.15) is 53.9 Å². The maximum Gasteiger partial charge on any atom is 0.251 e. The number of carbonyl (C=O) groups excluding carboxylic acids is 2. The summed E-state index contributed by atoms with van der Waals surface area (Å²) in [5, 5.41) is 17.5. The van der Waals surface area contributed by atoms with Crippen LogP contribution in [0, 0.1) is 5.92 Å². The minimum Gasteiger partial charge on any atom is -0.484 e. The topological polar surface area (TPSA) is 133 Å². The van der Waals surface area contributed by atoms with E-state index < -0.39 is 6.10 Å². The fraction of sp³-hybridized carbons (Fsp3) is 0.484. The summed E-state index contributed by atoms with van der Waals surface area (Å²) >= 11 is 6.65. The maximum absolute atomic E-state index is 12.9. The Bertz CT molecular complexity index is 1400. The minimum atomic E-state index is -0.733. The summed E-state index contributed by atoms with van der Waals surface area (Å²) in [5.41, 5.74) is 2.61. The first-order valence-corrected chi connectivity index (χ1v) is 15.1. The molecule has 0 aliphatic carbocycles. The second kappa shape index (κ2) is 15.6. The summed E-state index contributed by atoms with van der Waals surface area (Å²) < 4.78 is 11.0. The Balaban J connectivity index is 0.00000442. The van der Waals surface area contributed by atoms with Gasteiger partial charge < -0.3 is 29.8 Å². The quantitative estimate of drug-likeness (QED) is 0.286. The summed E-state index contributed by atoms with van der Waals surface area (Å²) in [5.74, 6) is 1.77. The summed E-state index contributed by atoms with van der Waals surface area (Å²) in [4.78, 5) is 37.4. The molecule has 1 saturated heterocycles. The highest BCUT2D eigenvalue weighted by Crippen LogP contribution is 2.34. The van der Waals surface area contributed by atoms with Gasteiger partial charge in [0.2, 0.25) is 5.91 Å². The average Bonchev–Trinajstić information content (AvgIpc) is 3.53. The number of halogens is 1. The van der Waals surface area contributed by atoms with E-state index in [2.05, 4.69) is 25.5 Å². The van der Waals surface area contributed by atoms with E-state index >= 15 is 0 Å². The minimum absolute atomic E-state index is 0. The van der Waals surface area contributed by atoms with Crippen molar-refractivity contribution in [3.05, 3.63) is 70.5 Å². The highest BCUT2D eigenvalue weighted by atomic mass is 35.5. The van der Waals surface area contributed by atoms with Gasteiger partial charge in [-0.25, -0.2) is 9.97 Å². The number of benzene rings is 1. The number of nitrogens with zero attached hydrogens (tertiary/aromatic N) is 4. The number of β-amino-alcohol motifs (C(OH)–C–C–N with tert-alkyl or cyclic N) is 1. The number of pyridine rings is 1. The number of ether oxygens (including phenoxy) is 1. The lowest BCUT2D eigenvalue weighted by molar-refractivity contribution is -0.135. The van der Waals surface area contributed by atoms with Crippen LogP contribution in [0.3, 0.4) is 0 Å². The highest BCUT2D eigenvalue weighted by Gasteiger charge is 2.25. The van der Waals surface area contributed by atoms with E-state index in [-0.39, 0.29) is 50.4 Å². The number of amides is 2. The van der Waals surface area contributed by atoms with Crippen molar-refractivity contribution < 1.29 is 23.8 Å². The molecule has 0 unspecified atom stereocenters. The smallest absolute Gasteiger partial charge is 0.251 e. The zero-order valence-electron chi connectivity index (χ0n) is 25.1. The molecule has 2 aliphatic heterocycles. The van der Waals surface area contributed by atoms with Gasteiger partial charge in [-0.15, -0.1) is 0 Å². The summed E-state index contributed by atoms with van der Waals surface area (Å²) in [6, 6.07) is 7.42. The molecule has 0 saturated carbocycles. The van der Waals surface area contributed by atoms with E-state index in [9.17, 15) is 14.7 Å². The number of hydrogen-bond donors (Lipinski definition) is 3. The molecule has 1 atom stereocenters. The highest BCUT2D eigenvalue weighted by molar-refractivity contribution is 7.59. The lowest BCUT2D eigenvalue weighted by atomic mass is 9.99. The third-order valence-electron chi connectivity index (χ3n) is 7.87. The number of piperidine rings is 1. The van der Waals surface area contributed by atoms with Crippen molar-refractivity contribution in [2.24, 2.45) is 5.92 Å². The van der Waals surface area contributed by atoms with Crippen molar-refractivity contribution in [2.45, 2.75) is 58.4 Å². The van der Waals surface area contributed by atoms with E-state index in [1.807, 2.05) is 30.9 Å². The number of nitrogens with one attached hydrogen (secondary N) is 2. The van der Waals surface area contributed by atoms with Crippen molar-refractivity contribution in [2.75, 3.05) is 38.0 Å². The van der Waals surface area contributed by atoms with Gasteiger partial charge in [-0.3, -0.25) is 14.5 Å². The molecule has 44 heavy (non-hydrogen) atoms. The standard InChI is InChI=1S/C31H39ClN6O5.H2S/c1-20(2)31(41)38-11-6-23(7-12-38)36-28-13-21(5-9-34-28)30(40)35-14-24(39)17-37-10-8-26-22(16-37)3-4-27(29(26)32)42-18-25-15-33-19-43-25;/h3-5,9,13,15,19-20,23-24,39H,6-8,10-12,14,16-18H2,1-2H3,(H,34,36)(H,35,40);1H2/t24-;/m0./s1. The number of aliphatic hydroxyl groups excluding tert-OH is 1. The van der Waals surface area contributed by atoms with Crippen molar-refractivity contribution in [3.8, 4) is 5.75 Å². The van der Waals surface area contributed by atoms with Crippen LogP contribution in [0.25, 0.3) is 0 Å². The molecule has 4 heterocycles. The number of rotatable bonds is 11. The van der Waals surface area contributed by atoms with Gasteiger partial charge in [0.25, 0.3) is 5.91 Å². The molecule has 13 heteroatoms. The van der Waals surface area contributed by atoms with E-state index in [1.54, 1.807) is 24.5 Å². The Labute approximate surface area is 269 Å². The molecule has 5 rings (SSSR count). The van der Waals surface area contributed by atoms with Crippen LogP contribution >= 0.6 is 25.1 Å². The third kappa shape index (κ3) is 8.65. The molecule has 2 aromatic heterocycles. The van der Waals surface area contributed by atoms with Crippen molar-refractivity contribution in [1.29, 1.82) is 0 Å². The Morgan fingerprint density at radius 2 is 2.00 bits per heavy atom. The van der Waals surface area contributed by atoms with Crippen LogP contribution in [0.15, 0.2) is 47.5 Å². The van der Waals surface area contributed by atoms with Gasteiger partial charge in [0, 0.05) is 63.0 Å². The van der Waals surface area contributed by atoms with Gasteiger partial charge >= 0.3 is 0 Å². The lowest BCUT2D eigenvalue weighted by Crippen LogP contribution is -2.44. The normalized spacial score (nSPS) is 16.2. The predicted octanol–water partition coefficient (Wildman–Crippen LogP) is 3.62. The van der Waals surface area contributed by atoms with Crippen LogP contribution in [0.5, 0.6) is 5.75 Å². The zero-order chi connectivity index (χ0) is 30.3. The SMILES string of the molecule is CC(C)C(=O)N1CCC(Nc2cc(C(=O)NC[C@H](O)CN3CCc4c(ccc(OCc5cnco5)c4Cl)C3)ccn2)CC1.S. The molecule has 0 bridgehead atoms. The first kappa shape index (κ1) is 33.6. The lowest BCUT2D eigenvalue weighted by Gasteiger charge is -2.33. The average molecular weight is 645 g/mol. The van der Waals surface area contributed by atoms with Crippen molar-refractivity contribution in [3.63, 3.8) is 0 Å².